The molecule has 13 rings (SSSR count). The number of hydrogen-bond acceptors (Lipinski definition) is 5. The van der Waals surface area contributed by atoms with Gasteiger partial charge in [0.05, 0.1) is 22.7 Å². The fourth-order valence-corrected chi connectivity index (χ4v) is 12.8. The number of hydrogen-bond donors (Lipinski definition) is 0. The van der Waals surface area contributed by atoms with Crippen LogP contribution >= 0.6 is 11.3 Å². The molecule has 4 nitrogen and oxygen atoms in total. The van der Waals surface area contributed by atoms with Crippen LogP contribution in [0.5, 0.6) is 0 Å². The zero-order valence-corrected chi connectivity index (χ0v) is 35.4. The van der Waals surface area contributed by atoms with Gasteiger partial charge in [0.25, 0.3) is 13.4 Å². The predicted molar refractivity (Wildman–Crippen MR) is 263 cm³/mol. The van der Waals surface area contributed by atoms with Crippen molar-refractivity contribution in [3.05, 3.63) is 169 Å². The molecule has 61 heavy (non-hydrogen) atoms. The summed E-state index contributed by atoms with van der Waals surface area (Å²) in [6.45, 7) is 4.79. The van der Waals surface area contributed by atoms with Crippen LogP contribution in [-0.2, 0) is 12.8 Å². The summed E-state index contributed by atoms with van der Waals surface area (Å²) in [4.78, 5) is 10.4. The predicted octanol–water partition coefficient (Wildman–Crippen LogP) is 10.9. The summed E-state index contributed by atoms with van der Waals surface area (Å²) in [6, 6.07) is 60.1. The molecule has 0 amide bonds. The van der Waals surface area contributed by atoms with Crippen LogP contribution in [0.4, 0.5) is 68.2 Å². The van der Waals surface area contributed by atoms with Gasteiger partial charge in [-0.1, -0.05) is 112 Å². The first-order chi connectivity index (χ1) is 30.2. The van der Waals surface area contributed by atoms with Gasteiger partial charge in [0.15, 0.2) is 0 Å². The Kier molecular flexibility index (Phi) is 7.84. The van der Waals surface area contributed by atoms with E-state index in [1.54, 1.807) is 0 Å². The lowest BCUT2D eigenvalue weighted by atomic mass is 9.35. The molecular weight excluding hydrogens is 758 g/mol. The lowest BCUT2D eigenvalue weighted by Gasteiger charge is -2.49. The van der Waals surface area contributed by atoms with Crippen molar-refractivity contribution >= 4 is 124 Å². The van der Waals surface area contributed by atoms with Crippen LogP contribution in [0.15, 0.2) is 158 Å². The molecule has 0 N–H and O–H groups in total. The Bertz CT molecular complexity index is 3070. The Morgan fingerprint density at radius 2 is 0.852 bits per heavy atom. The minimum Gasteiger partial charge on any atom is -0.311 e. The maximum Gasteiger partial charge on any atom is 0.264 e. The van der Waals surface area contributed by atoms with Gasteiger partial charge in [0.1, 0.15) is 0 Å². The molecule has 0 radical (unpaired) electrons. The summed E-state index contributed by atoms with van der Waals surface area (Å²) in [7, 11) is 0. The van der Waals surface area contributed by atoms with Crippen LogP contribution in [-0.4, -0.2) is 13.4 Å². The van der Waals surface area contributed by atoms with Crippen molar-refractivity contribution in [1.29, 1.82) is 0 Å². The number of benzene rings is 7. The molecule has 0 bridgehead atoms. The van der Waals surface area contributed by atoms with E-state index in [2.05, 4.69) is 203 Å². The molecule has 0 saturated carbocycles. The van der Waals surface area contributed by atoms with Crippen LogP contribution in [0.2, 0.25) is 0 Å². The maximum absolute atomic E-state index is 2.64. The third-order valence-corrected chi connectivity index (χ3v) is 15.2. The van der Waals surface area contributed by atoms with Gasteiger partial charge in [-0.3, -0.25) is 0 Å². The molecule has 0 atom stereocenters. The summed E-state index contributed by atoms with van der Waals surface area (Å²) in [5, 5.41) is 0. The average molecular weight is 803 g/mol. The van der Waals surface area contributed by atoms with Crippen LogP contribution in [0, 0.1) is 0 Å². The van der Waals surface area contributed by atoms with Gasteiger partial charge in [-0.05, 0) is 131 Å². The first-order valence-corrected chi connectivity index (χ1v) is 23.1. The molecule has 7 aromatic carbocycles. The van der Waals surface area contributed by atoms with E-state index >= 15 is 0 Å². The highest BCUT2D eigenvalue weighted by Gasteiger charge is 2.53. The second-order valence-corrected chi connectivity index (χ2v) is 18.4. The number of aryl methyl sites for hydroxylation is 2. The molecule has 6 heterocycles. The van der Waals surface area contributed by atoms with Crippen molar-refractivity contribution < 1.29 is 0 Å². The third-order valence-electron chi connectivity index (χ3n) is 13.9. The Morgan fingerprint density at radius 1 is 0.393 bits per heavy atom. The smallest absolute Gasteiger partial charge is 0.264 e. The van der Waals surface area contributed by atoms with E-state index < -0.39 is 0 Å². The van der Waals surface area contributed by atoms with E-state index in [0.717, 1.165) is 12.8 Å². The summed E-state index contributed by atoms with van der Waals surface area (Å²) in [5.74, 6) is 0. The van der Waals surface area contributed by atoms with Crippen LogP contribution in [0.25, 0.3) is 0 Å². The normalized spacial score (nSPS) is 14.3. The minimum atomic E-state index is 0.0951. The Hall–Kier alpha value is -6.43. The van der Waals surface area contributed by atoms with Crippen LogP contribution < -0.4 is 51.0 Å². The topological polar surface area (TPSA) is 13.0 Å². The quantitative estimate of drug-likeness (QED) is 0.142. The Labute approximate surface area is 363 Å². The number of thiophene rings is 1. The number of unbranched alkanes of at least 4 members (excludes halogenated alkanes) is 2. The Morgan fingerprint density at radius 3 is 1.41 bits per heavy atom. The molecule has 7 heteroatoms. The van der Waals surface area contributed by atoms with Crippen molar-refractivity contribution in [2.45, 2.75) is 52.4 Å². The summed E-state index contributed by atoms with van der Waals surface area (Å²) in [6.07, 6.45) is 6.92. The molecular formula is C54H44B2N4S. The molecule has 8 aromatic rings. The number of anilines is 12. The SMILES string of the molecule is CCCCc1ccc2c(c1)B1c3sc4c5c3N(c3ccccc3N5c3cccc5c3B4c3ccc(CCCC)cc3N5c3ccccc3)c3cccc(c31)N2c1ccccc1. The van der Waals surface area contributed by atoms with Gasteiger partial charge >= 0.3 is 0 Å². The van der Waals surface area contributed by atoms with Gasteiger partial charge in [-0.15, -0.1) is 0 Å². The minimum absolute atomic E-state index is 0.0951. The molecule has 0 spiro atoms. The third kappa shape index (κ3) is 4.90. The lowest BCUT2D eigenvalue weighted by Crippen LogP contribution is -2.61. The number of nitrogens with zero attached hydrogens (tertiary/aromatic N) is 4. The van der Waals surface area contributed by atoms with Crippen molar-refractivity contribution in [2.24, 2.45) is 0 Å². The van der Waals surface area contributed by atoms with Crippen molar-refractivity contribution in [3.8, 4) is 0 Å². The van der Waals surface area contributed by atoms with Crippen molar-refractivity contribution in [1.82, 2.24) is 0 Å². The second-order valence-electron chi connectivity index (χ2n) is 17.3. The molecule has 0 unspecified atom stereocenters. The highest BCUT2D eigenvalue weighted by atomic mass is 32.1. The summed E-state index contributed by atoms with van der Waals surface area (Å²) in [5.41, 5.74) is 23.7. The first kappa shape index (κ1) is 35.3. The Balaban J connectivity index is 1.12. The molecule has 5 aliphatic rings. The van der Waals surface area contributed by atoms with Crippen LogP contribution in [0.3, 0.4) is 0 Å². The van der Waals surface area contributed by atoms with Crippen molar-refractivity contribution in [2.75, 3.05) is 19.6 Å². The van der Waals surface area contributed by atoms with E-state index in [0.29, 0.717) is 0 Å². The monoisotopic (exact) mass is 802 g/mol. The van der Waals surface area contributed by atoms with Gasteiger partial charge < -0.3 is 19.6 Å². The van der Waals surface area contributed by atoms with E-state index in [4.69, 9.17) is 0 Å². The van der Waals surface area contributed by atoms with Crippen molar-refractivity contribution in [3.63, 3.8) is 0 Å². The fraction of sp³-hybridized carbons (Fsp3) is 0.148. The fourth-order valence-electron chi connectivity index (χ4n) is 11.3. The molecule has 1 aromatic heterocycles. The summed E-state index contributed by atoms with van der Waals surface area (Å²) < 4.78 is 2.90. The van der Waals surface area contributed by atoms with Gasteiger partial charge in [-0.25, -0.2) is 0 Å². The second kappa shape index (κ2) is 13.5. The zero-order chi connectivity index (χ0) is 40.3. The van der Waals surface area contributed by atoms with Crippen LogP contribution in [0.1, 0.15) is 50.7 Å². The standard InChI is InChI=1S/C54H44B2N4S/c1-3-5-17-35-30-32-41-40(33-35)56-50-44(57(41)37-19-9-7-10-20-37)25-15-28-47(50)60-43-24-14-13-23-42(43)59-46-27-16-26-45-49(46)55(53-51(59)52(60)54(56)61-53)39-31-29-36(18-6-4-2)34-48(39)58(45)38-21-11-8-12-22-38/h7-16,19-34H,3-6,17-18H2,1-2H3. The van der Waals surface area contributed by atoms with E-state index in [-0.39, 0.29) is 13.4 Å². The first-order valence-electron chi connectivity index (χ1n) is 22.3. The maximum atomic E-state index is 2.64. The molecule has 5 aliphatic heterocycles. The molecule has 0 saturated heterocycles. The molecule has 0 aliphatic carbocycles. The largest absolute Gasteiger partial charge is 0.311 e. The van der Waals surface area contributed by atoms with E-state index in [9.17, 15) is 0 Å². The van der Waals surface area contributed by atoms with E-state index in [1.807, 2.05) is 0 Å². The number of fused-ring (bicyclic) bond motifs is 11. The van der Waals surface area contributed by atoms with E-state index in [1.165, 1.54) is 136 Å². The lowest BCUT2D eigenvalue weighted by molar-refractivity contribution is 0.795. The van der Waals surface area contributed by atoms with Gasteiger partial charge in [0, 0.05) is 55.1 Å². The summed E-state index contributed by atoms with van der Waals surface area (Å²) >= 11 is 2.08. The number of rotatable bonds is 8. The highest BCUT2D eigenvalue weighted by Crippen LogP contribution is 2.58. The molecule has 292 valence electrons. The molecule has 0 fully saturated rings. The highest BCUT2D eigenvalue weighted by molar-refractivity contribution is 7.38. The van der Waals surface area contributed by atoms with Gasteiger partial charge in [-0.2, -0.15) is 11.3 Å². The zero-order valence-electron chi connectivity index (χ0n) is 34.6. The average Bonchev–Trinajstić information content (AvgIpc) is 3.71. The van der Waals surface area contributed by atoms with Gasteiger partial charge in [0.2, 0.25) is 0 Å². The number of para-hydroxylation sites is 4.